The Bertz CT molecular complexity index is 477. The van der Waals surface area contributed by atoms with E-state index in [4.69, 9.17) is 16.3 Å². The lowest BCUT2D eigenvalue weighted by Crippen LogP contribution is -1.86. The Morgan fingerprint density at radius 2 is 1.76 bits per heavy atom. The molecule has 0 saturated heterocycles. The Kier molecular flexibility index (Phi) is 4.05. The molecule has 88 valence electrons. The number of ether oxygens (including phenoxy) is 1. The molecule has 1 nitrogen and oxygen atoms in total. The maximum absolute atomic E-state index is 5.90. The molecule has 0 unspecified atom stereocenters. The molecule has 17 heavy (non-hydrogen) atoms. The van der Waals surface area contributed by atoms with Crippen LogP contribution in [0.5, 0.6) is 11.5 Å². The Labute approximate surface area is 107 Å². The minimum absolute atomic E-state index is 0.685. The topological polar surface area (TPSA) is 9.23 Å². The van der Waals surface area contributed by atoms with Gasteiger partial charge in [0.25, 0.3) is 0 Å². The first kappa shape index (κ1) is 12.0. The third kappa shape index (κ3) is 3.50. The molecule has 2 aromatic rings. The number of halogens is 1. The van der Waals surface area contributed by atoms with Gasteiger partial charge in [-0.15, -0.1) is 0 Å². The van der Waals surface area contributed by atoms with Crippen molar-refractivity contribution >= 4 is 11.6 Å². The van der Waals surface area contributed by atoms with Crippen LogP contribution in [0.25, 0.3) is 0 Å². The average Bonchev–Trinajstić information content (AvgIpc) is 2.32. The summed E-state index contributed by atoms with van der Waals surface area (Å²) < 4.78 is 5.71. The first-order valence-electron chi connectivity index (χ1n) is 5.80. The van der Waals surface area contributed by atoms with E-state index in [2.05, 4.69) is 19.1 Å². The highest BCUT2D eigenvalue weighted by Crippen LogP contribution is 2.24. The summed E-state index contributed by atoms with van der Waals surface area (Å²) in [6.07, 6.45) is 2.27. The fraction of sp³-hybridized carbons (Fsp3) is 0.200. The van der Waals surface area contributed by atoms with Gasteiger partial charge < -0.3 is 4.74 Å². The van der Waals surface area contributed by atoms with Gasteiger partial charge in [-0.1, -0.05) is 43.1 Å². The van der Waals surface area contributed by atoms with Crippen molar-refractivity contribution in [3.8, 4) is 11.5 Å². The van der Waals surface area contributed by atoms with Crippen molar-refractivity contribution in [3.63, 3.8) is 0 Å². The van der Waals surface area contributed by atoms with E-state index in [-0.39, 0.29) is 0 Å². The maximum atomic E-state index is 5.90. The second kappa shape index (κ2) is 5.74. The van der Waals surface area contributed by atoms with Gasteiger partial charge in [0, 0.05) is 5.02 Å². The molecule has 0 aliphatic heterocycles. The molecule has 0 saturated carbocycles. The molecule has 2 heteroatoms. The molecule has 2 rings (SSSR count). The van der Waals surface area contributed by atoms with Gasteiger partial charge in [0.05, 0.1) is 0 Å². The first-order valence-corrected chi connectivity index (χ1v) is 6.18. The second-order valence-electron chi connectivity index (χ2n) is 3.95. The molecular weight excluding hydrogens is 232 g/mol. The Morgan fingerprint density at radius 3 is 2.41 bits per heavy atom. The zero-order valence-corrected chi connectivity index (χ0v) is 10.6. The van der Waals surface area contributed by atoms with Crippen LogP contribution < -0.4 is 4.74 Å². The molecule has 0 aliphatic rings. The van der Waals surface area contributed by atoms with Crippen LogP contribution in [0, 0.1) is 0 Å². The van der Waals surface area contributed by atoms with Crippen LogP contribution in [0.1, 0.15) is 18.9 Å². The zero-order chi connectivity index (χ0) is 12.1. The summed E-state index contributed by atoms with van der Waals surface area (Å²) in [6, 6.07) is 15.6. The molecule has 0 atom stereocenters. The highest BCUT2D eigenvalue weighted by atomic mass is 35.5. The number of rotatable bonds is 4. The van der Waals surface area contributed by atoms with E-state index in [1.54, 1.807) is 0 Å². The van der Waals surface area contributed by atoms with Crippen molar-refractivity contribution in [1.82, 2.24) is 0 Å². The van der Waals surface area contributed by atoms with Crippen LogP contribution in [-0.2, 0) is 6.42 Å². The second-order valence-corrected chi connectivity index (χ2v) is 4.39. The first-order chi connectivity index (χ1) is 8.28. The predicted molar refractivity (Wildman–Crippen MR) is 72.0 cm³/mol. The van der Waals surface area contributed by atoms with E-state index in [0.29, 0.717) is 5.02 Å². The third-order valence-corrected chi connectivity index (χ3v) is 2.73. The van der Waals surface area contributed by atoms with Crippen LogP contribution >= 0.6 is 11.6 Å². The number of benzene rings is 2. The lowest BCUT2D eigenvalue weighted by molar-refractivity contribution is 0.482. The van der Waals surface area contributed by atoms with E-state index in [1.807, 2.05) is 36.4 Å². The number of hydrogen-bond donors (Lipinski definition) is 0. The van der Waals surface area contributed by atoms with Crippen molar-refractivity contribution in [2.45, 2.75) is 19.8 Å². The monoisotopic (exact) mass is 246 g/mol. The SMILES string of the molecule is CCCc1ccc(Oc2cccc(Cl)c2)cc1. The van der Waals surface area contributed by atoms with E-state index in [0.717, 1.165) is 24.3 Å². The Balaban J connectivity index is 2.08. The molecule has 0 amide bonds. The molecule has 0 bridgehead atoms. The lowest BCUT2D eigenvalue weighted by Gasteiger charge is -2.06. The van der Waals surface area contributed by atoms with E-state index in [9.17, 15) is 0 Å². The summed E-state index contributed by atoms with van der Waals surface area (Å²) in [5, 5.41) is 0.685. The highest BCUT2D eigenvalue weighted by molar-refractivity contribution is 6.30. The normalized spacial score (nSPS) is 10.2. The molecule has 0 aliphatic carbocycles. The molecule has 2 aromatic carbocycles. The van der Waals surface area contributed by atoms with Crippen LogP contribution in [0.15, 0.2) is 48.5 Å². The summed E-state index contributed by atoms with van der Waals surface area (Å²) in [6.45, 7) is 2.18. The highest BCUT2D eigenvalue weighted by Gasteiger charge is 1.98. The lowest BCUT2D eigenvalue weighted by atomic mass is 10.1. The van der Waals surface area contributed by atoms with Gasteiger partial charge in [-0.2, -0.15) is 0 Å². The summed E-state index contributed by atoms with van der Waals surface area (Å²) in [4.78, 5) is 0. The van der Waals surface area contributed by atoms with Crippen LogP contribution in [-0.4, -0.2) is 0 Å². The number of aryl methyl sites for hydroxylation is 1. The average molecular weight is 247 g/mol. The van der Waals surface area contributed by atoms with E-state index >= 15 is 0 Å². The summed E-state index contributed by atoms with van der Waals surface area (Å²) in [5.41, 5.74) is 1.34. The van der Waals surface area contributed by atoms with Crippen molar-refractivity contribution in [1.29, 1.82) is 0 Å². The quantitative estimate of drug-likeness (QED) is 0.731. The summed E-state index contributed by atoms with van der Waals surface area (Å²) in [5.74, 6) is 1.60. The smallest absolute Gasteiger partial charge is 0.128 e. The zero-order valence-electron chi connectivity index (χ0n) is 9.82. The minimum atomic E-state index is 0.685. The van der Waals surface area contributed by atoms with E-state index < -0.39 is 0 Å². The molecular formula is C15H15ClO. The van der Waals surface area contributed by atoms with E-state index in [1.165, 1.54) is 5.56 Å². The molecule has 0 aromatic heterocycles. The van der Waals surface area contributed by atoms with Crippen LogP contribution in [0.4, 0.5) is 0 Å². The summed E-state index contributed by atoms with van der Waals surface area (Å²) in [7, 11) is 0. The third-order valence-electron chi connectivity index (χ3n) is 2.49. The Morgan fingerprint density at radius 1 is 1.00 bits per heavy atom. The summed E-state index contributed by atoms with van der Waals surface area (Å²) >= 11 is 5.90. The van der Waals surface area contributed by atoms with Gasteiger partial charge in [-0.25, -0.2) is 0 Å². The van der Waals surface area contributed by atoms with Gasteiger partial charge in [0.2, 0.25) is 0 Å². The molecule has 0 fully saturated rings. The number of hydrogen-bond acceptors (Lipinski definition) is 1. The fourth-order valence-corrected chi connectivity index (χ4v) is 1.86. The van der Waals surface area contributed by atoms with Crippen molar-refractivity contribution in [2.75, 3.05) is 0 Å². The van der Waals surface area contributed by atoms with Gasteiger partial charge in [-0.05, 0) is 42.3 Å². The standard InChI is InChI=1S/C15H15ClO/c1-2-4-12-7-9-14(10-8-12)17-15-6-3-5-13(16)11-15/h3,5-11H,2,4H2,1H3. The molecule has 0 spiro atoms. The van der Waals surface area contributed by atoms with Gasteiger partial charge in [0.1, 0.15) is 11.5 Å². The molecule has 0 N–H and O–H groups in total. The van der Waals surface area contributed by atoms with Crippen molar-refractivity contribution in [3.05, 3.63) is 59.1 Å². The van der Waals surface area contributed by atoms with Crippen molar-refractivity contribution < 1.29 is 4.74 Å². The van der Waals surface area contributed by atoms with Gasteiger partial charge in [-0.3, -0.25) is 0 Å². The Hall–Kier alpha value is -1.47. The molecule has 0 heterocycles. The van der Waals surface area contributed by atoms with Crippen molar-refractivity contribution in [2.24, 2.45) is 0 Å². The molecule has 0 radical (unpaired) electrons. The maximum Gasteiger partial charge on any atom is 0.128 e. The largest absolute Gasteiger partial charge is 0.457 e. The minimum Gasteiger partial charge on any atom is -0.457 e. The van der Waals surface area contributed by atoms with Gasteiger partial charge >= 0.3 is 0 Å². The predicted octanol–water partition coefficient (Wildman–Crippen LogP) is 5.08. The fourth-order valence-electron chi connectivity index (χ4n) is 1.68. The van der Waals surface area contributed by atoms with Gasteiger partial charge in [0.15, 0.2) is 0 Å². The van der Waals surface area contributed by atoms with Crippen LogP contribution in [0.2, 0.25) is 5.02 Å². The van der Waals surface area contributed by atoms with Crippen LogP contribution in [0.3, 0.4) is 0 Å².